The van der Waals surface area contributed by atoms with E-state index in [0.29, 0.717) is 5.69 Å². The van der Waals surface area contributed by atoms with Crippen LogP contribution >= 0.6 is 0 Å². The number of hydrogen-bond acceptors (Lipinski definition) is 4. The Bertz CT molecular complexity index is 633. The first-order valence-electron chi connectivity index (χ1n) is 5.03. The molecule has 0 saturated carbocycles. The van der Waals surface area contributed by atoms with Crippen molar-refractivity contribution in [3.8, 4) is 5.69 Å². The molecular weight excluding hydrogens is 238 g/mol. The highest BCUT2D eigenvalue weighted by atomic mass is 16.6. The molecule has 0 unspecified atom stereocenters. The Morgan fingerprint density at radius 2 is 2.17 bits per heavy atom. The number of benzene rings is 1. The summed E-state index contributed by atoms with van der Waals surface area (Å²) in [6.45, 7) is 1.74. The van der Waals surface area contributed by atoms with Gasteiger partial charge in [-0.25, -0.2) is 9.48 Å². The van der Waals surface area contributed by atoms with Gasteiger partial charge in [0.1, 0.15) is 5.69 Å². The maximum Gasteiger partial charge on any atom is 0.335 e. The second-order valence-corrected chi connectivity index (χ2v) is 3.67. The summed E-state index contributed by atoms with van der Waals surface area (Å²) in [6.07, 6.45) is 1.54. The minimum absolute atomic E-state index is 0.0243. The summed E-state index contributed by atoms with van der Waals surface area (Å²) >= 11 is 0. The van der Waals surface area contributed by atoms with Crippen molar-refractivity contribution in [3.05, 3.63) is 51.8 Å². The van der Waals surface area contributed by atoms with Gasteiger partial charge in [-0.05, 0) is 25.1 Å². The lowest BCUT2D eigenvalue weighted by Crippen LogP contribution is -2.04. The van der Waals surface area contributed by atoms with Crippen molar-refractivity contribution in [2.24, 2.45) is 0 Å². The Kier molecular flexibility index (Phi) is 2.80. The largest absolute Gasteiger partial charge is 0.478 e. The average Bonchev–Trinajstić information content (AvgIpc) is 2.74. The van der Waals surface area contributed by atoms with E-state index in [1.165, 1.54) is 16.8 Å². The minimum Gasteiger partial charge on any atom is -0.478 e. The molecule has 0 aliphatic carbocycles. The molecule has 0 bridgehead atoms. The van der Waals surface area contributed by atoms with Gasteiger partial charge in [0.15, 0.2) is 0 Å². The molecule has 2 rings (SSSR count). The number of nitro benzene ring substituents is 1. The fourth-order valence-electron chi connectivity index (χ4n) is 1.54. The van der Waals surface area contributed by atoms with Crippen LogP contribution in [-0.4, -0.2) is 25.8 Å². The van der Waals surface area contributed by atoms with E-state index >= 15 is 0 Å². The average molecular weight is 247 g/mol. The predicted octanol–water partition coefficient (Wildman–Crippen LogP) is 1.79. The van der Waals surface area contributed by atoms with Crippen LogP contribution in [0.4, 0.5) is 5.69 Å². The summed E-state index contributed by atoms with van der Waals surface area (Å²) in [5, 5.41) is 23.8. The van der Waals surface area contributed by atoms with Crippen molar-refractivity contribution in [3.63, 3.8) is 0 Å². The van der Waals surface area contributed by atoms with Crippen LogP contribution in [0.2, 0.25) is 0 Å². The molecule has 7 nitrogen and oxygen atoms in total. The molecule has 0 aliphatic rings. The second kappa shape index (κ2) is 4.28. The molecule has 1 heterocycles. The van der Waals surface area contributed by atoms with Crippen LogP contribution < -0.4 is 0 Å². The Morgan fingerprint density at radius 3 is 2.67 bits per heavy atom. The molecule has 2 aromatic rings. The first-order valence-corrected chi connectivity index (χ1v) is 5.03. The van der Waals surface area contributed by atoms with E-state index in [4.69, 9.17) is 5.11 Å². The molecule has 0 saturated heterocycles. The SMILES string of the molecule is Cc1ccn(-c2cc(C(=O)O)ccc2[N+](=O)[O-])n1. The molecule has 1 aromatic heterocycles. The fourth-order valence-corrected chi connectivity index (χ4v) is 1.54. The van der Waals surface area contributed by atoms with Crippen molar-refractivity contribution in [2.75, 3.05) is 0 Å². The first kappa shape index (κ1) is 11.8. The van der Waals surface area contributed by atoms with Crippen LogP contribution in [0.15, 0.2) is 30.5 Å². The van der Waals surface area contributed by atoms with E-state index in [1.54, 1.807) is 19.2 Å². The second-order valence-electron chi connectivity index (χ2n) is 3.67. The zero-order chi connectivity index (χ0) is 13.3. The van der Waals surface area contributed by atoms with E-state index in [1.807, 2.05) is 0 Å². The van der Waals surface area contributed by atoms with Gasteiger partial charge in [0.25, 0.3) is 5.69 Å². The van der Waals surface area contributed by atoms with E-state index in [2.05, 4.69) is 5.10 Å². The number of hydrogen-bond donors (Lipinski definition) is 1. The van der Waals surface area contributed by atoms with Crippen molar-refractivity contribution in [2.45, 2.75) is 6.92 Å². The van der Waals surface area contributed by atoms with Crippen LogP contribution in [0.3, 0.4) is 0 Å². The molecule has 1 N–H and O–H groups in total. The number of carbonyl (C=O) groups is 1. The van der Waals surface area contributed by atoms with Crippen LogP contribution in [-0.2, 0) is 0 Å². The molecule has 0 atom stereocenters. The van der Waals surface area contributed by atoms with E-state index < -0.39 is 10.9 Å². The lowest BCUT2D eigenvalue weighted by atomic mass is 10.2. The molecule has 0 amide bonds. The van der Waals surface area contributed by atoms with Crippen LogP contribution in [0.25, 0.3) is 5.69 Å². The first-order chi connectivity index (χ1) is 8.49. The maximum atomic E-state index is 10.9. The highest BCUT2D eigenvalue weighted by Gasteiger charge is 2.18. The number of nitro groups is 1. The number of carboxylic acid groups (broad SMARTS) is 1. The predicted molar refractivity (Wildman–Crippen MR) is 61.9 cm³/mol. The maximum absolute atomic E-state index is 10.9. The zero-order valence-corrected chi connectivity index (χ0v) is 9.40. The monoisotopic (exact) mass is 247 g/mol. The molecule has 0 fully saturated rings. The Morgan fingerprint density at radius 1 is 1.44 bits per heavy atom. The van der Waals surface area contributed by atoms with Crippen LogP contribution in [0, 0.1) is 17.0 Å². The van der Waals surface area contributed by atoms with Crippen LogP contribution in [0.5, 0.6) is 0 Å². The topological polar surface area (TPSA) is 98.3 Å². The summed E-state index contributed by atoms with van der Waals surface area (Å²) in [5.74, 6) is -1.14. The van der Waals surface area contributed by atoms with E-state index in [0.717, 1.165) is 6.07 Å². The molecule has 0 spiro atoms. The number of aromatic nitrogens is 2. The molecule has 7 heteroatoms. The van der Waals surface area contributed by atoms with Gasteiger partial charge in [-0.15, -0.1) is 0 Å². The molecular formula is C11H9N3O4. The third-order valence-corrected chi connectivity index (χ3v) is 2.39. The van der Waals surface area contributed by atoms with Gasteiger partial charge >= 0.3 is 5.97 Å². The number of aromatic carboxylic acids is 1. The molecule has 92 valence electrons. The zero-order valence-electron chi connectivity index (χ0n) is 9.40. The van der Waals surface area contributed by atoms with Crippen molar-refractivity contribution >= 4 is 11.7 Å². The molecule has 0 radical (unpaired) electrons. The van der Waals surface area contributed by atoms with Gasteiger partial charge in [-0.3, -0.25) is 10.1 Å². The number of aryl methyl sites for hydroxylation is 1. The summed E-state index contributed by atoms with van der Waals surface area (Å²) in [7, 11) is 0. The Balaban J connectivity index is 2.64. The summed E-state index contributed by atoms with van der Waals surface area (Å²) in [4.78, 5) is 21.2. The quantitative estimate of drug-likeness (QED) is 0.658. The number of rotatable bonds is 3. The lowest BCUT2D eigenvalue weighted by Gasteiger charge is -2.04. The highest BCUT2D eigenvalue weighted by Crippen LogP contribution is 2.23. The van der Waals surface area contributed by atoms with Gasteiger partial charge in [0, 0.05) is 12.3 Å². The Hall–Kier alpha value is -2.70. The standard InChI is InChI=1S/C11H9N3O4/c1-7-4-5-13(12-7)10-6-8(11(15)16)2-3-9(10)14(17)18/h2-6H,1H3,(H,15,16). The van der Waals surface area contributed by atoms with Gasteiger partial charge < -0.3 is 5.11 Å². The van der Waals surface area contributed by atoms with Crippen molar-refractivity contribution < 1.29 is 14.8 Å². The molecule has 18 heavy (non-hydrogen) atoms. The van der Waals surface area contributed by atoms with E-state index in [9.17, 15) is 14.9 Å². The lowest BCUT2D eigenvalue weighted by molar-refractivity contribution is -0.384. The normalized spacial score (nSPS) is 10.3. The summed E-state index contributed by atoms with van der Waals surface area (Å²) in [5.41, 5.74) is 0.602. The van der Waals surface area contributed by atoms with Gasteiger partial charge in [0.2, 0.25) is 0 Å². The number of nitrogens with zero attached hydrogens (tertiary/aromatic N) is 3. The number of carboxylic acids is 1. The molecule has 1 aromatic carbocycles. The third kappa shape index (κ3) is 2.05. The third-order valence-electron chi connectivity index (χ3n) is 2.39. The Labute approximate surface area is 101 Å². The van der Waals surface area contributed by atoms with Crippen LogP contribution in [0.1, 0.15) is 16.1 Å². The minimum atomic E-state index is -1.14. The van der Waals surface area contributed by atoms with Gasteiger partial charge in [-0.1, -0.05) is 0 Å². The summed E-state index contributed by atoms with van der Waals surface area (Å²) < 4.78 is 1.29. The van der Waals surface area contributed by atoms with E-state index in [-0.39, 0.29) is 16.9 Å². The molecule has 0 aliphatic heterocycles. The van der Waals surface area contributed by atoms with Gasteiger partial charge in [-0.2, -0.15) is 5.10 Å². The summed E-state index contributed by atoms with van der Waals surface area (Å²) in [6, 6.07) is 5.26. The smallest absolute Gasteiger partial charge is 0.335 e. The van der Waals surface area contributed by atoms with Gasteiger partial charge in [0.05, 0.1) is 16.2 Å². The highest BCUT2D eigenvalue weighted by molar-refractivity contribution is 5.89. The van der Waals surface area contributed by atoms with Crippen molar-refractivity contribution in [1.82, 2.24) is 9.78 Å². The fraction of sp³-hybridized carbons (Fsp3) is 0.0909. The van der Waals surface area contributed by atoms with Crippen molar-refractivity contribution in [1.29, 1.82) is 0 Å².